The number of nitrogens with zero attached hydrogens (tertiary/aromatic N) is 1. The molecule has 5 unspecified atom stereocenters. The highest BCUT2D eigenvalue weighted by Gasteiger charge is 2.71. The molecule has 3 aliphatic rings. The highest BCUT2D eigenvalue weighted by atomic mass is 16.6. The molecule has 0 saturated heterocycles. The molecule has 0 aromatic heterocycles. The molecule has 3 aliphatic carbocycles. The SMILES string of the molecule is CC(C)CN(C)CCOCCOCCOC12CC(C)CC3(C)CC(C1)C32. The molecule has 4 heteroatoms. The van der Waals surface area contributed by atoms with Gasteiger partial charge >= 0.3 is 0 Å². The summed E-state index contributed by atoms with van der Waals surface area (Å²) < 4.78 is 17.8. The summed E-state index contributed by atoms with van der Waals surface area (Å²) in [6.45, 7) is 15.1. The molecule has 26 heavy (non-hydrogen) atoms. The fraction of sp³-hybridized carbons (Fsp3) is 1.00. The normalized spacial score (nSPS) is 38.2. The summed E-state index contributed by atoms with van der Waals surface area (Å²) in [5, 5.41) is 0. The molecule has 0 N–H and O–H groups in total. The Bertz CT molecular complexity index is 457. The molecule has 3 saturated carbocycles. The summed E-state index contributed by atoms with van der Waals surface area (Å²) in [7, 11) is 2.15. The van der Waals surface area contributed by atoms with Crippen molar-refractivity contribution in [1.82, 2.24) is 4.90 Å². The number of hydrogen-bond acceptors (Lipinski definition) is 4. The quantitative estimate of drug-likeness (QED) is 0.491. The van der Waals surface area contributed by atoms with E-state index in [1.807, 2.05) is 0 Å². The summed E-state index contributed by atoms with van der Waals surface area (Å²) in [5.74, 6) is 3.30. The zero-order valence-electron chi connectivity index (χ0n) is 17.8. The van der Waals surface area contributed by atoms with Gasteiger partial charge < -0.3 is 19.1 Å². The van der Waals surface area contributed by atoms with Gasteiger partial charge in [0.1, 0.15) is 0 Å². The van der Waals surface area contributed by atoms with Crippen LogP contribution in [0.2, 0.25) is 0 Å². The molecule has 0 aromatic carbocycles. The summed E-state index contributed by atoms with van der Waals surface area (Å²) in [5.41, 5.74) is 0.758. The Labute approximate surface area is 160 Å². The van der Waals surface area contributed by atoms with Gasteiger partial charge in [0.15, 0.2) is 0 Å². The largest absolute Gasteiger partial charge is 0.378 e. The van der Waals surface area contributed by atoms with Gasteiger partial charge in [0.25, 0.3) is 0 Å². The maximum Gasteiger partial charge on any atom is 0.0724 e. The van der Waals surface area contributed by atoms with Gasteiger partial charge in [0, 0.05) is 13.1 Å². The van der Waals surface area contributed by atoms with Crippen LogP contribution in [0.4, 0.5) is 0 Å². The fourth-order valence-corrected chi connectivity index (χ4v) is 6.56. The van der Waals surface area contributed by atoms with Crippen LogP contribution in [0.15, 0.2) is 0 Å². The van der Waals surface area contributed by atoms with Gasteiger partial charge in [-0.3, -0.25) is 0 Å². The van der Waals surface area contributed by atoms with Gasteiger partial charge in [0.2, 0.25) is 0 Å². The van der Waals surface area contributed by atoms with Gasteiger partial charge in [-0.25, -0.2) is 0 Å². The first-order chi connectivity index (χ1) is 12.3. The van der Waals surface area contributed by atoms with E-state index in [0.29, 0.717) is 31.2 Å². The maximum absolute atomic E-state index is 6.43. The first-order valence-corrected chi connectivity index (χ1v) is 10.8. The average molecular weight is 368 g/mol. The molecular formula is C22H41NO3. The summed E-state index contributed by atoms with van der Waals surface area (Å²) in [6.07, 6.45) is 5.40. The molecule has 152 valence electrons. The van der Waals surface area contributed by atoms with E-state index in [1.54, 1.807) is 0 Å². The Morgan fingerprint density at radius 2 is 1.65 bits per heavy atom. The third kappa shape index (κ3) is 4.45. The van der Waals surface area contributed by atoms with Crippen LogP contribution in [0.1, 0.15) is 53.4 Å². The van der Waals surface area contributed by atoms with E-state index in [0.717, 1.165) is 44.1 Å². The van der Waals surface area contributed by atoms with Crippen LogP contribution >= 0.6 is 0 Å². The van der Waals surface area contributed by atoms with Crippen LogP contribution in [-0.2, 0) is 14.2 Å². The summed E-state index contributed by atoms with van der Waals surface area (Å²) >= 11 is 0. The monoisotopic (exact) mass is 367 g/mol. The molecule has 3 rings (SSSR count). The minimum atomic E-state index is 0.191. The van der Waals surface area contributed by atoms with Crippen LogP contribution < -0.4 is 0 Å². The molecule has 0 aromatic rings. The fourth-order valence-electron chi connectivity index (χ4n) is 6.56. The van der Waals surface area contributed by atoms with E-state index in [-0.39, 0.29) is 5.60 Å². The van der Waals surface area contributed by atoms with Crippen molar-refractivity contribution in [3.05, 3.63) is 0 Å². The van der Waals surface area contributed by atoms with Crippen LogP contribution in [0, 0.1) is 29.1 Å². The molecule has 0 aliphatic heterocycles. The van der Waals surface area contributed by atoms with Crippen LogP contribution in [0.25, 0.3) is 0 Å². The van der Waals surface area contributed by atoms with E-state index in [9.17, 15) is 0 Å². The highest BCUT2D eigenvalue weighted by Crippen LogP contribution is 2.73. The second kappa shape index (κ2) is 8.46. The second-order valence-corrected chi connectivity index (χ2v) is 10.1. The van der Waals surface area contributed by atoms with Gasteiger partial charge in [-0.15, -0.1) is 0 Å². The van der Waals surface area contributed by atoms with Gasteiger partial charge in [-0.2, -0.15) is 0 Å². The zero-order chi connectivity index (χ0) is 18.8. The van der Waals surface area contributed by atoms with Crippen LogP contribution in [-0.4, -0.2) is 63.7 Å². The summed E-state index contributed by atoms with van der Waals surface area (Å²) in [6, 6.07) is 0. The van der Waals surface area contributed by atoms with Crippen molar-refractivity contribution < 1.29 is 14.2 Å². The van der Waals surface area contributed by atoms with Crippen molar-refractivity contribution in [1.29, 1.82) is 0 Å². The van der Waals surface area contributed by atoms with Crippen LogP contribution in [0.3, 0.4) is 0 Å². The highest BCUT2D eigenvalue weighted by molar-refractivity contribution is 5.20. The molecule has 4 nitrogen and oxygen atoms in total. The molecule has 0 heterocycles. The number of rotatable bonds is 12. The molecule has 0 amide bonds. The van der Waals surface area contributed by atoms with E-state index in [2.05, 4.69) is 39.6 Å². The molecule has 3 fully saturated rings. The second-order valence-electron chi connectivity index (χ2n) is 10.1. The lowest BCUT2D eigenvalue weighted by atomic mass is 9.34. The standard InChI is InChI=1S/C22H41NO3/c1-17(2)16-23(5)6-7-24-8-9-25-10-11-26-22-13-18(3)12-21(4)14-19(15-22)20(21)22/h17-20H,6-16H2,1-5H3. The lowest BCUT2D eigenvalue weighted by Gasteiger charge is -2.74. The van der Waals surface area contributed by atoms with Crippen molar-refractivity contribution in [3.8, 4) is 0 Å². The Morgan fingerprint density at radius 3 is 2.35 bits per heavy atom. The number of hydrogen-bond donors (Lipinski definition) is 0. The lowest BCUT2D eigenvalue weighted by molar-refractivity contribution is -0.312. The van der Waals surface area contributed by atoms with Crippen molar-refractivity contribution in [2.75, 3.05) is 53.2 Å². The summed E-state index contributed by atoms with van der Waals surface area (Å²) in [4.78, 5) is 2.32. The first-order valence-electron chi connectivity index (χ1n) is 10.8. The Kier molecular flexibility index (Phi) is 6.70. The van der Waals surface area contributed by atoms with Gasteiger partial charge in [0.05, 0.1) is 38.6 Å². The van der Waals surface area contributed by atoms with E-state index < -0.39 is 0 Å². The van der Waals surface area contributed by atoms with Gasteiger partial charge in [-0.1, -0.05) is 27.7 Å². The lowest BCUT2D eigenvalue weighted by Crippen LogP contribution is -2.72. The van der Waals surface area contributed by atoms with Crippen molar-refractivity contribution >= 4 is 0 Å². The predicted octanol–water partition coefficient (Wildman–Crippen LogP) is 3.84. The van der Waals surface area contributed by atoms with Crippen molar-refractivity contribution in [2.45, 2.75) is 59.0 Å². The van der Waals surface area contributed by atoms with Gasteiger partial charge in [-0.05, 0) is 61.8 Å². The zero-order valence-corrected chi connectivity index (χ0v) is 17.8. The maximum atomic E-state index is 6.43. The van der Waals surface area contributed by atoms with Crippen molar-refractivity contribution in [3.63, 3.8) is 0 Å². The molecule has 0 radical (unpaired) electrons. The Hall–Kier alpha value is -0.160. The third-order valence-electron chi connectivity index (χ3n) is 6.92. The third-order valence-corrected chi connectivity index (χ3v) is 6.92. The predicted molar refractivity (Wildman–Crippen MR) is 105 cm³/mol. The topological polar surface area (TPSA) is 30.9 Å². The minimum Gasteiger partial charge on any atom is -0.378 e. The molecule has 5 atom stereocenters. The molecular weight excluding hydrogens is 326 g/mol. The van der Waals surface area contributed by atoms with E-state index in [1.165, 1.54) is 25.7 Å². The number of likely N-dealkylation sites (N-methyl/N-ethyl adjacent to an activating group) is 1. The average Bonchev–Trinajstić information content (AvgIpc) is 2.48. The molecule has 0 spiro atoms. The first kappa shape index (κ1) is 20.6. The van der Waals surface area contributed by atoms with E-state index >= 15 is 0 Å². The van der Waals surface area contributed by atoms with Crippen LogP contribution in [0.5, 0.6) is 0 Å². The van der Waals surface area contributed by atoms with Crippen molar-refractivity contribution in [2.24, 2.45) is 29.1 Å². The Balaban J connectivity index is 1.21. The van der Waals surface area contributed by atoms with E-state index in [4.69, 9.17) is 14.2 Å². The molecule has 0 bridgehead atoms. The minimum absolute atomic E-state index is 0.191. The number of ether oxygens (including phenoxy) is 3. The Morgan fingerprint density at radius 1 is 0.962 bits per heavy atom. The smallest absolute Gasteiger partial charge is 0.0724 e.